The lowest BCUT2D eigenvalue weighted by Gasteiger charge is -2.19. The van der Waals surface area contributed by atoms with E-state index in [1.165, 1.54) is 17.6 Å². The molecule has 1 amide bonds. The molecule has 180 valence electrons. The van der Waals surface area contributed by atoms with Gasteiger partial charge in [-0.2, -0.15) is 4.98 Å². The van der Waals surface area contributed by atoms with Gasteiger partial charge in [-0.15, -0.1) is 0 Å². The van der Waals surface area contributed by atoms with Crippen molar-refractivity contribution in [3.05, 3.63) is 50.2 Å². The standard InChI is InChI=1S/C21H25BrF2N4O5/c1-12(2)28-20(31)18(22)19(33-10-14-5-6-15(23)9-16(14)24)27-21(28)26-8-4-7-25-17(30)11-32-13(3)29/h5-6,9,12H,4,7-8,10-11H2,1-3H3,(H,25,30)(H,26,27). The van der Waals surface area contributed by atoms with Crippen molar-refractivity contribution >= 4 is 33.8 Å². The number of aromatic nitrogens is 2. The molecule has 1 aromatic heterocycles. The lowest BCUT2D eigenvalue weighted by molar-refractivity contribution is -0.146. The van der Waals surface area contributed by atoms with Crippen LogP contribution in [-0.4, -0.2) is 41.1 Å². The Morgan fingerprint density at radius 1 is 1.24 bits per heavy atom. The number of nitrogens with one attached hydrogen (secondary N) is 2. The van der Waals surface area contributed by atoms with Crippen molar-refractivity contribution in [1.82, 2.24) is 14.9 Å². The SMILES string of the molecule is CC(=O)OCC(=O)NCCCNc1nc(OCc2ccc(F)cc2F)c(Br)c(=O)n1C(C)C. The lowest BCUT2D eigenvalue weighted by atomic mass is 10.2. The van der Waals surface area contributed by atoms with Crippen LogP contribution < -0.4 is 20.9 Å². The first-order chi connectivity index (χ1) is 15.6. The third-order valence-electron chi connectivity index (χ3n) is 4.29. The molecule has 0 bridgehead atoms. The maximum absolute atomic E-state index is 13.9. The Kier molecular flexibility index (Phi) is 9.76. The summed E-state index contributed by atoms with van der Waals surface area (Å²) in [5.41, 5.74) is -0.288. The second-order valence-electron chi connectivity index (χ2n) is 7.26. The number of hydrogen-bond acceptors (Lipinski definition) is 7. The summed E-state index contributed by atoms with van der Waals surface area (Å²) in [6, 6.07) is 2.88. The maximum Gasteiger partial charge on any atom is 0.303 e. The van der Waals surface area contributed by atoms with E-state index in [-0.39, 0.29) is 41.1 Å². The van der Waals surface area contributed by atoms with Crippen LogP contribution in [0.2, 0.25) is 0 Å². The summed E-state index contributed by atoms with van der Waals surface area (Å²) in [5.74, 6) is -2.24. The van der Waals surface area contributed by atoms with Crippen LogP contribution in [0.5, 0.6) is 5.88 Å². The van der Waals surface area contributed by atoms with E-state index in [1.807, 2.05) is 13.8 Å². The van der Waals surface area contributed by atoms with E-state index in [4.69, 9.17) is 4.74 Å². The molecule has 0 aliphatic heterocycles. The fourth-order valence-electron chi connectivity index (χ4n) is 2.71. The molecule has 1 aromatic carbocycles. The Hall–Kier alpha value is -3.02. The van der Waals surface area contributed by atoms with E-state index in [2.05, 4.69) is 36.3 Å². The number of nitrogens with zero attached hydrogens (tertiary/aromatic N) is 2. The van der Waals surface area contributed by atoms with Crippen LogP contribution in [0, 0.1) is 11.6 Å². The second kappa shape index (κ2) is 12.3. The molecule has 0 unspecified atom stereocenters. The molecule has 0 radical (unpaired) electrons. The van der Waals surface area contributed by atoms with Gasteiger partial charge in [0.1, 0.15) is 22.7 Å². The lowest BCUT2D eigenvalue weighted by Crippen LogP contribution is -2.31. The van der Waals surface area contributed by atoms with Gasteiger partial charge in [-0.1, -0.05) is 0 Å². The van der Waals surface area contributed by atoms with Gasteiger partial charge in [-0.05, 0) is 48.3 Å². The normalized spacial score (nSPS) is 10.8. The van der Waals surface area contributed by atoms with Gasteiger partial charge in [0, 0.05) is 37.7 Å². The Morgan fingerprint density at radius 2 is 1.97 bits per heavy atom. The van der Waals surface area contributed by atoms with Gasteiger partial charge in [0.15, 0.2) is 6.61 Å². The van der Waals surface area contributed by atoms with Crippen LogP contribution in [-0.2, 0) is 20.9 Å². The number of esters is 1. The highest BCUT2D eigenvalue weighted by molar-refractivity contribution is 9.10. The minimum atomic E-state index is -0.768. The Morgan fingerprint density at radius 3 is 2.61 bits per heavy atom. The van der Waals surface area contributed by atoms with Crippen LogP contribution in [0.15, 0.2) is 27.5 Å². The molecular weight excluding hydrogens is 506 g/mol. The van der Waals surface area contributed by atoms with Crippen molar-refractivity contribution in [1.29, 1.82) is 0 Å². The van der Waals surface area contributed by atoms with Gasteiger partial charge in [-0.25, -0.2) is 8.78 Å². The first-order valence-corrected chi connectivity index (χ1v) is 10.9. The molecule has 2 N–H and O–H groups in total. The first-order valence-electron chi connectivity index (χ1n) is 10.1. The molecule has 0 saturated heterocycles. The number of carbonyl (C=O) groups is 2. The number of rotatable bonds is 11. The molecule has 12 heteroatoms. The summed E-state index contributed by atoms with van der Waals surface area (Å²) in [6.45, 7) is 4.90. The third-order valence-corrected chi connectivity index (χ3v) is 4.97. The van der Waals surface area contributed by atoms with E-state index < -0.39 is 29.1 Å². The molecular formula is C21H25BrF2N4O5. The molecule has 1 heterocycles. The molecule has 0 spiro atoms. The highest BCUT2D eigenvalue weighted by Crippen LogP contribution is 2.24. The van der Waals surface area contributed by atoms with Gasteiger partial charge < -0.3 is 20.1 Å². The van der Waals surface area contributed by atoms with Gasteiger partial charge in [0.25, 0.3) is 11.5 Å². The fraction of sp³-hybridized carbons (Fsp3) is 0.429. The van der Waals surface area contributed by atoms with Gasteiger partial charge in [-0.3, -0.25) is 19.0 Å². The maximum atomic E-state index is 13.9. The minimum absolute atomic E-state index is 0.0437. The minimum Gasteiger partial charge on any atom is -0.472 e. The smallest absolute Gasteiger partial charge is 0.303 e. The van der Waals surface area contributed by atoms with Crippen molar-refractivity contribution in [3.8, 4) is 5.88 Å². The number of carbonyl (C=O) groups excluding carboxylic acids is 2. The van der Waals surface area contributed by atoms with Crippen molar-refractivity contribution in [2.75, 3.05) is 25.0 Å². The van der Waals surface area contributed by atoms with E-state index in [0.717, 1.165) is 12.1 Å². The van der Waals surface area contributed by atoms with Crippen molar-refractivity contribution < 1.29 is 27.8 Å². The Labute approximate surface area is 197 Å². The highest BCUT2D eigenvalue weighted by atomic mass is 79.9. The summed E-state index contributed by atoms with van der Waals surface area (Å²) < 4.78 is 38.6. The molecule has 2 aromatic rings. The summed E-state index contributed by atoms with van der Waals surface area (Å²) >= 11 is 3.19. The largest absolute Gasteiger partial charge is 0.472 e. The van der Waals surface area contributed by atoms with Crippen LogP contribution in [0.3, 0.4) is 0 Å². The number of benzene rings is 1. The molecule has 0 aliphatic rings. The number of anilines is 1. The van der Waals surface area contributed by atoms with E-state index in [1.54, 1.807) is 0 Å². The molecule has 9 nitrogen and oxygen atoms in total. The third kappa shape index (κ3) is 7.81. The topological polar surface area (TPSA) is 112 Å². The number of halogens is 3. The number of hydrogen-bond donors (Lipinski definition) is 2. The van der Waals surface area contributed by atoms with Gasteiger partial charge in [0.05, 0.1) is 0 Å². The van der Waals surface area contributed by atoms with Gasteiger partial charge >= 0.3 is 5.97 Å². The monoisotopic (exact) mass is 530 g/mol. The quantitative estimate of drug-likeness (QED) is 0.339. The zero-order chi connectivity index (χ0) is 24.5. The Bertz CT molecular complexity index is 1060. The average Bonchev–Trinajstić information content (AvgIpc) is 2.74. The predicted octanol–water partition coefficient (Wildman–Crippen LogP) is 2.93. The fourth-order valence-corrected chi connectivity index (χ4v) is 3.11. The predicted molar refractivity (Wildman–Crippen MR) is 120 cm³/mol. The van der Waals surface area contributed by atoms with Crippen molar-refractivity contribution in [2.24, 2.45) is 0 Å². The van der Waals surface area contributed by atoms with E-state index >= 15 is 0 Å². The molecule has 0 fully saturated rings. The van der Waals surface area contributed by atoms with E-state index in [9.17, 15) is 23.2 Å². The molecule has 0 saturated carbocycles. The number of ether oxygens (including phenoxy) is 2. The van der Waals surface area contributed by atoms with Crippen molar-refractivity contribution in [2.45, 2.75) is 39.8 Å². The summed E-state index contributed by atoms with van der Waals surface area (Å²) in [6.07, 6.45) is 0.493. The van der Waals surface area contributed by atoms with Gasteiger partial charge in [0.2, 0.25) is 11.8 Å². The zero-order valence-electron chi connectivity index (χ0n) is 18.4. The van der Waals surface area contributed by atoms with Crippen LogP contribution >= 0.6 is 15.9 Å². The average molecular weight is 531 g/mol. The summed E-state index contributed by atoms with van der Waals surface area (Å²) in [7, 11) is 0. The molecule has 0 atom stereocenters. The summed E-state index contributed by atoms with van der Waals surface area (Å²) in [4.78, 5) is 39.4. The molecule has 33 heavy (non-hydrogen) atoms. The summed E-state index contributed by atoms with van der Waals surface area (Å²) in [5, 5.41) is 5.64. The second-order valence-corrected chi connectivity index (χ2v) is 8.05. The molecule has 0 aliphatic carbocycles. The van der Waals surface area contributed by atoms with Crippen LogP contribution in [0.4, 0.5) is 14.7 Å². The molecule has 2 rings (SSSR count). The van der Waals surface area contributed by atoms with Crippen LogP contribution in [0.25, 0.3) is 0 Å². The first kappa shape index (κ1) is 26.2. The zero-order valence-corrected chi connectivity index (χ0v) is 20.0. The number of amides is 1. The van der Waals surface area contributed by atoms with Crippen molar-refractivity contribution in [3.63, 3.8) is 0 Å². The Balaban J connectivity index is 2.05. The van der Waals surface area contributed by atoms with Crippen LogP contribution in [0.1, 0.15) is 38.8 Å². The van der Waals surface area contributed by atoms with E-state index in [0.29, 0.717) is 19.5 Å². The highest BCUT2D eigenvalue weighted by Gasteiger charge is 2.18.